The number of rotatable bonds is 2. The van der Waals surface area contributed by atoms with E-state index in [1.54, 1.807) is 0 Å². The summed E-state index contributed by atoms with van der Waals surface area (Å²) in [5, 5.41) is 3.36. The van der Waals surface area contributed by atoms with Gasteiger partial charge >= 0.3 is 0 Å². The average molecular weight is 272 g/mol. The molecule has 1 aromatic rings. The second-order valence-electron chi connectivity index (χ2n) is 6.78. The molecule has 1 saturated heterocycles. The number of anilines is 1. The van der Waals surface area contributed by atoms with Gasteiger partial charge in [0, 0.05) is 24.1 Å². The van der Waals surface area contributed by atoms with Gasteiger partial charge in [-0.25, -0.2) is 0 Å². The van der Waals surface area contributed by atoms with Gasteiger partial charge in [0.15, 0.2) is 0 Å². The Kier molecular flexibility index (Phi) is 3.55. The summed E-state index contributed by atoms with van der Waals surface area (Å²) in [5.41, 5.74) is 2.50. The number of fused-ring (bicyclic) bond motifs is 1. The van der Waals surface area contributed by atoms with Gasteiger partial charge < -0.3 is 10.2 Å². The van der Waals surface area contributed by atoms with E-state index in [0.29, 0.717) is 18.2 Å². The van der Waals surface area contributed by atoms with Gasteiger partial charge in [-0.3, -0.25) is 4.79 Å². The predicted molar refractivity (Wildman–Crippen MR) is 82.0 cm³/mol. The number of nitrogens with zero attached hydrogens (tertiary/aromatic N) is 1. The Morgan fingerprint density at radius 2 is 2.00 bits per heavy atom. The first-order valence-corrected chi connectivity index (χ1v) is 7.68. The van der Waals surface area contributed by atoms with Crippen LogP contribution in [0.2, 0.25) is 0 Å². The number of carbonyl (C=O) groups excluding carboxylic acids is 1. The first-order valence-electron chi connectivity index (χ1n) is 7.68. The van der Waals surface area contributed by atoms with E-state index in [1.165, 1.54) is 5.56 Å². The Morgan fingerprint density at radius 1 is 1.30 bits per heavy atom. The molecule has 0 unspecified atom stereocenters. The van der Waals surface area contributed by atoms with Crippen LogP contribution in [0.15, 0.2) is 24.3 Å². The van der Waals surface area contributed by atoms with Crippen molar-refractivity contribution in [1.29, 1.82) is 0 Å². The second-order valence-corrected chi connectivity index (χ2v) is 6.78. The molecule has 1 N–H and O–H groups in total. The molecule has 0 atom stereocenters. The third-order valence-electron chi connectivity index (χ3n) is 4.70. The topological polar surface area (TPSA) is 32.3 Å². The summed E-state index contributed by atoms with van der Waals surface area (Å²) in [6.07, 6.45) is 2.96. The number of carbonyl (C=O) groups is 1. The lowest BCUT2D eigenvalue weighted by atomic mass is 9.87. The molecule has 20 heavy (non-hydrogen) atoms. The van der Waals surface area contributed by atoms with Crippen LogP contribution in [-0.4, -0.2) is 25.5 Å². The molecule has 108 valence electrons. The highest BCUT2D eigenvalue weighted by molar-refractivity contribution is 5.96. The maximum atomic E-state index is 12.7. The highest BCUT2D eigenvalue weighted by Crippen LogP contribution is 2.40. The van der Waals surface area contributed by atoms with Gasteiger partial charge in [0.1, 0.15) is 0 Å². The van der Waals surface area contributed by atoms with Crippen molar-refractivity contribution in [1.82, 2.24) is 5.32 Å². The van der Waals surface area contributed by atoms with Crippen molar-refractivity contribution < 1.29 is 4.79 Å². The first-order chi connectivity index (χ1) is 9.58. The van der Waals surface area contributed by atoms with Crippen LogP contribution in [-0.2, 0) is 10.2 Å². The summed E-state index contributed by atoms with van der Waals surface area (Å²) < 4.78 is 0. The minimum atomic E-state index is 0.0698. The minimum Gasteiger partial charge on any atom is -0.317 e. The number of nitrogens with one attached hydrogen (secondary N) is 1. The maximum Gasteiger partial charge on any atom is 0.227 e. The molecule has 1 aromatic carbocycles. The van der Waals surface area contributed by atoms with E-state index in [1.807, 2.05) is 11.0 Å². The molecule has 3 rings (SSSR count). The minimum absolute atomic E-state index is 0.0698. The van der Waals surface area contributed by atoms with Crippen LogP contribution in [0, 0.1) is 5.92 Å². The maximum absolute atomic E-state index is 12.7. The van der Waals surface area contributed by atoms with Crippen molar-refractivity contribution in [3.8, 4) is 0 Å². The first kappa shape index (κ1) is 13.6. The molecule has 0 saturated carbocycles. The zero-order chi connectivity index (χ0) is 14.2. The van der Waals surface area contributed by atoms with E-state index in [2.05, 4.69) is 37.4 Å². The lowest BCUT2D eigenvalue weighted by Crippen LogP contribution is -2.37. The van der Waals surface area contributed by atoms with Crippen molar-refractivity contribution in [2.75, 3.05) is 24.5 Å². The van der Waals surface area contributed by atoms with Gasteiger partial charge in [-0.05, 0) is 43.5 Å². The van der Waals surface area contributed by atoms with Crippen molar-refractivity contribution in [3.05, 3.63) is 29.8 Å². The lowest BCUT2D eigenvalue weighted by Gasteiger charge is -2.26. The van der Waals surface area contributed by atoms with Crippen LogP contribution in [0.4, 0.5) is 5.69 Å². The van der Waals surface area contributed by atoms with Gasteiger partial charge in [-0.15, -0.1) is 0 Å². The lowest BCUT2D eigenvalue weighted by molar-refractivity contribution is -0.119. The molecular weight excluding hydrogens is 248 g/mol. The molecule has 0 aromatic heterocycles. The fourth-order valence-electron chi connectivity index (χ4n) is 3.51. The molecule has 0 radical (unpaired) electrons. The van der Waals surface area contributed by atoms with Crippen LogP contribution in [0.3, 0.4) is 0 Å². The fraction of sp³-hybridized carbons (Fsp3) is 0.588. The quantitative estimate of drug-likeness (QED) is 0.898. The Balaban J connectivity index is 1.76. The number of benzene rings is 1. The molecule has 0 bridgehead atoms. The fourth-order valence-corrected chi connectivity index (χ4v) is 3.51. The Hall–Kier alpha value is -1.35. The van der Waals surface area contributed by atoms with Crippen molar-refractivity contribution >= 4 is 11.6 Å². The number of hydrogen-bond donors (Lipinski definition) is 1. The average Bonchev–Trinajstić information content (AvgIpc) is 2.73. The van der Waals surface area contributed by atoms with Gasteiger partial charge in [0.2, 0.25) is 5.91 Å². The molecular formula is C17H24N2O. The normalized spacial score (nSPS) is 21.8. The van der Waals surface area contributed by atoms with Crippen LogP contribution >= 0.6 is 0 Å². The summed E-state index contributed by atoms with van der Waals surface area (Å²) in [5.74, 6) is 0.856. The van der Waals surface area contributed by atoms with Crippen molar-refractivity contribution in [2.24, 2.45) is 5.92 Å². The van der Waals surface area contributed by atoms with Crippen LogP contribution in [0.5, 0.6) is 0 Å². The molecule has 2 heterocycles. The van der Waals surface area contributed by atoms with Crippen LogP contribution < -0.4 is 10.2 Å². The molecule has 1 amide bonds. The monoisotopic (exact) mass is 272 g/mol. The Morgan fingerprint density at radius 3 is 2.75 bits per heavy atom. The predicted octanol–water partition coefficient (Wildman–Crippen LogP) is 2.70. The highest BCUT2D eigenvalue weighted by Gasteiger charge is 2.37. The zero-order valence-corrected chi connectivity index (χ0v) is 12.5. The van der Waals surface area contributed by atoms with E-state index in [4.69, 9.17) is 0 Å². The van der Waals surface area contributed by atoms with Crippen LogP contribution in [0.1, 0.15) is 38.7 Å². The number of piperidine rings is 1. The second kappa shape index (κ2) is 5.21. The number of amides is 1. The van der Waals surface area contributed by atoms with E-state index in [0.717, 1.165) is 38.2 Å². The van der Waals surface area contributed by atoms with Gasteiger partial charge in [0.05, 0.1) is 0 Å². The Labute approximate surface area is 121 Å². The van der Waals surface area contributed by atoms with Gasteiger partial charge in [-0.2, -0.15) is 0 Å². The summed E-state index contributed by atoms with van der Waals surface area (Å²) >= 11 is 0. The molecule has 0 spiro atoms. The Bertz CT molecular complexity index is 503. The van der Waals surface area contributed by atoms with Crippen molar-refractivity contribution in [3.63, 3.8) is 0 Å². The van der Waals surface area contributed by atoms with Gasteiger partial charge in [-0.1, -0.05) is 32.0 Å². The van der Waals surface area contributed by atoms with Gasteiger partial charge in [0.25, 0.3) is 0 Å². The number of hydrogen-bond acceptors (Lipinski definition) is 2. The molecule has 1 fully saturated rings. The van der Waals surface area contributed by atoms with E-state index in [-0.39, 0.29) is 5.41 Å². The third-order valence-corrected chi connectivity index (χ3v) is 4.70. The van der Waals surface area contributed by atoms with Crippen molar-refractivity contribution in [2.45, 2.75) is 38.5 Å². The number of para-hydroxylation sites is 1. The zero-order valence-electron chi connectivity index (χ0n) is 12.5. The summed E-state index contributed by atoms with van der Waals surface area (Å²) in [6.45, 7) is 7.38. The molecule has 2 aliphatic heterocycles. The van der Waals surface area contributed by atoms with Crippen LogP contribution in [0.25, 0.3) is 0 Å². The molecule has 0 aliphatic carbocycles. The van der Waals surface area contributed by atoms with E-state index < -0.39 is 0 Å². The standard InChI is InChI=1S/C17H24N2O/c1-17(2)12-19(15-6-4-3-5-14(15)17)16(20)11-13-7-9-18-10-8-13/h3-6,13,18H,7-12H2,1-2H3. The summed E-state index contributed by atoms with van der Waals surface area (Å²) in [6, 6.07) is 8.35. The summed E-state index contributed by atoms with van der Waals surface area (Å²) in [4.78, 5) is 14.7. The SMILES string of the molecule is CC1(C)CN(C(=O)CC2CCNCC2)c2ccccc21. The summed E-state index contributed by atoms with van der Waals surface area (Å²) in [7, 11) is 0. The van der Waals surface area contributed by atoms with E-state index in [9.17, 15) is 4.79 Å². The smallest absolute Gasteiger partial charge is 0.227 e. The molecule has 2 aliphatic rings. The third kappa shape index (κ3) is 2.47. The molecule has 3 heteroatoms. The molecule has 3 nitrogen and oxygen atoms in total. The highest BCUT2D eigenvalue weighted by atomic mass is 16.2. The largest absolute Gasteiger partial charge is 0.317 e. The van der Waals surface area contributed by atoms with E-state index >= 15 is 0 Å².